The molecule has 0 saturated carbocycles. The minimum atomic E-state index is 0.977. The van der Waals surface area contributed by atoms with Crippen LogP contribution in [0, 0.1) is 0 Å². The summed E-state index contributed by atoms with van der Waals surface area (Å²) in [7, 11) is 4.02. The molecule has 0 unspecified atom stereocenters. The molecule has 0 bridgehead atoms. The van der Waals surface area contributed by atoms with Gasteiger partial charge in [0.05, 0.1) is 5.69 Å². The Morgan fingerprint density at radius 1 is 0.889 bits per heavy atom. The summed E-state index contributed by atoms with van der Waals surface area (Å²) < 4.78 is 0. The van der Waals surface area contributed by atoms with Gasteiger partial charge in [0.2, 0.25) is 0 Å². The minimum absolute atomic E-state index is 0.977. The Morgan fingerprint density at radius 2 is 1.44 bits per heavy atom. The number of para-hydroxylation sites is 1. The Hall–Kier alpha value is -1.74. The average molecular weight is 256 g/mol. The van der Waals surface area contributed by atoms with E-state index in [9.17, 15) is 0 Å². The second-order valence-electron chi connectivity index (χ2n) is 4.04. The average Bonchev–Trinajstić information content (AvgIpc) is 2.40. The van der Waals surface area contributed by atoms with Crippen LogP contribution in [0.3, 0.4) is 0 Å². The summed E-state index contributed by atoms with van der Waals surface area (Å²) in [6, 6.07) is 20.3. The summed E-state index contributed by atoms with van der Waals surface area (Å²) in [6.45, 7) is 0. The lowest BCUT2D eigenvalue weighted by Gasteiger charge is -2.15. The zero-order chi connectivity index (χ0) is 12.8. The topological polar surface area (TPSA) is 15.6 Å². The normalized spacial score (nSPS) is 11.3. The van der Waals surface area contributed by atoms with Crippen LogP contribution >= 0.6 is 11.8 Å². The van der Waals surface area contributed by atoms with E-state index in [0.717, 1.165) is 10.9 Å². The number of rotatable bonds is 2. The van der Waals surface area contributed by atoms with Crippen molar-refractivity contribution in [3.05, 3.63) is 60.7 Å². The highest BCUT2D eigenvalue weighted by Crippen LogP contribution is 2.23. The fraction of sp³-hybridized carbons (Fsp3) is 0.133. The van der Waals surface area contributed by atoms with E-state index in [1.54, 1.807) is 11.8 Å². The zero-order valence-electron chi connectivity index (χ0n) is 10.6. The minimum Gasteiger partial charge on any atom is -0.357 e. The highest BCUT2D eigenvalue weighted by atomic mass is 32.2. The lowest BCUT2D eigenvalue weighted by Crippen LogP contribution is -2.18. The molecule has 0 radical (unpaired) electrons. The van der Waals surface area contributed by atoms with E-state index in [4.69, 9.17) is 0 Å². The number of hydrogen-bond donors (Lipinski definition) is 0. The van der Waals surface area contributed by atoms with Gasteiger partial charge < -0.3 is 4.90 Å². The third kappa shape index (κ3) is 3.64. The maximum atomic E-state index is 4.66. The molecule has 92 valence electrons. The molecule has 2 nitrogen and oxygen atoms in total. The first-order valence-corrected chi connectivity index (χ1v) is 6.61. The van der Waals surface area contributed by atoms with Crippen LogP contribution in [0.2, 0.25) is 0 Å². The van der Waals surface area contributed by atoms with Gasteiger partial charge in [0.1, 0.15) is 0 Å². The van der Waals surface area contributed by atoms with Gasteiger partial charge in [-0.15, -0.1) is 0 Å². The molecule has 0 aliphatic rings. The summed E-state index contributed by atoms with van der Waals surface area (Å²) in [4.78, 5) is 7.89. The Balaban J connectivity index is 2.22. The van der Waals surface area contributed by atoms with Crippen molar-refractivity contribution in [1.29, 1.82) is 0 Å². The predicted octanol–water partition coefficient (Wildman–Crippen LogP) is 4.03. The molecule has 0 atom stereocenters. The molecule has 0 fully saturated rings. The van der Waals surface area contributed by atoms with Gasteiger partial charge in [-0.3, -0.25) is 0 Å². The quantitative estimate of drug-likeness (QED) is 0.458. The van der Waals surface area contributed by atoms with Crippen LogP contribution in [-0.4, -0.2) is 24.2 Å². The Labute approximate surface area is 112 Å². The van der Waals surface area contributed by atoms with Crippen LogP contribution in [0.25, 0.3) is 0 Å². The fourth-order valence-corrected chi connectivity index (χ4v) is 2.26. The molecule has 0 aliphatic carbocycles. The van der Waals surface area contributed by atoms with Gasteiger partial charge in [0.15, 0.2) is 5.17 Å². The molecule has 0 heterocycles. The van der Waals surface area contributed by atoms with Crippen molar-refractivity contribution in [2.24, 2.45) is 4.99 Å². The zero-order valence-corrected chi connectivity index (χ0v) is 11.4. The lowest BCUT2D eigenvalue weighted by atomic mass is 10.3. The SMILES string of the molecule is CN(C)C(=Nc1ccccc1)Sc1ccccc1. The van der Waals surface area contributed by atoms with Crippen molar-refractivity contribution < 1.29 is 0 Å². The first-order chi connectivity index (χ1) is 8.75. The number of amidine groups is 1. The maximum absolute atomic E-state index is 4.66. The van der Waals surface area contributed by atoms with Gasteiger partial charge in [0, 0.05) is 19.0 Å². The van der Waals surface area contributed by atoms with Crippen LogP contribution in [-0.2, 0) is 0 Å². The smallest absolute Gasteiger partial charge is 0.168 e. The standard InChI is InChI=1S/C15H16N2S/c1-17(2)15(16-13-9-5-3-6-10-13)18-14-11-7-4-8-12-14/h3-12H,1-2H3. The summed E-state index contributed by atoms with van der Waals surface area (Å²) in [5.74, 6) is 0. The van der Waals surface area contributed by atoms with Crippen molar-refractivity contribution in [3.8, 4) is 0 Å². The fourth-order valence-electron chi connectivity index (χ4n) is 1.42. The van der Waals surface area contributed by atoms with E-state index in [1.807, 2.05) is 67.5 Å². The molecule has 2 aromatic rings. The highest BCUT2D eigenvalue weighted by molar-refractivity contribution is 8.13. The van der Waals surface area contributed by atoms with E-state index in [-0.39, 0.29) is 0 Å². The van der Waals surface area contributed by atoms with Gasteiger partial charge in [-0.2, -0.15) is 0 Å². The monoisotopic (exact) mass is 256 g/mol. The number of hydrogen-bond acceptors (Lipinski definition) is 2. The van der Waals surface area contributed by atoms with Gasteiger partial charge in [0.25, 0.3) is 0 Å². The molecular weight excluding hydrogens is 240 g/mol. The van der Waals surface area contributed by atoms with Gasteiger partial charge in [-0.25, -0.2) is 4.99 Å². The largest absolute Gasteiger partial charge is 0.357 e. The van der Waals surface area contributed by atoms with E-state index >= 15 is 0 Å². The van der Waals surface area contributed by atoms with E-state index in [1.165, 1.54) is 4.90 Å². The highest BCUT2D eigenvalue weighted by Gasteiger charge is 2.05. The molecule has 0 aromatic heterocycles. The third-order valence-corrected chi connectivity index (χ3v) is 3.46. The third-order valence-electron chi connectivity index (χ3n) is 2.32. The second-order valence-corrected chi connectivity index (χ2v) is 5.08. The van der Waals surface area contributed by atoms with Crippen LogP contribution in [0.5, 0.6) is 0 Å². The molecule has 18 heavy (non-hydrogen) atoms. The number of nitrogens with zero attached hydrogens (tertiary/aromatic N) is 2. The second kappa shape index (κ2) is 6.26. The Bertz CT molecular complexity index is 507. The first kappa shape index (κ1) is 12.7. The van der Waals surface area contributed by atoms with Crippen LogP contribution in [0.4, 0.5) is 5.69 Å². The van der Waals surface area contributed by atoms with Crippen LogP contribution in [0.15, 0.2) is 70.6 Å². The molecule has 3 heteroatoms. The number of thioether (sulfide) groups is 1. The van der Waals surface area contributed by atoms with Crippen molar-refractivity contribution in [1.82, 2.24) is 4.90 Å². The van der Waals surface area contributed by atoms with E-state index in [2.05, 4.69) is 17.1 Å². The molecule has 0 spiro atoms. The van der Waals surface area contributed by atoms with Gasteiger partial charge in [-0.05, 0) is 24.3 Å². The van der Waals surface area contributed by atoms with Crippen molar-refractivity contribution >= 4 is 22.6 Å². The molecule has 0 aliphatic heterocycles. The summed E-state index contributed by atoms with van der Waals surface area (Å²) in [5, 5.41) is 0.979. The molecule has 2 aromatic carbocycles. The van der Waals surface area contributed by atoms with E-state index < -0.39 is 0 Å². The molecule has 0 saturated heterocycles. The first-order valence-electron chi connectivity index (χ1n) is 5.79. The van der Waals surface area contributed by atoms with Crippen molar-refractivity contribution in [3.63, 3.8) is 0 Å². The van der Waals surface area contributed by atoms with Gasteiger partial charge in [-0.1, -0.05) is 48.2 Å². The predicted molar refractivity (Wildman–Crippen MR) is 79.5 cm³/mol. The van der Waals surface area contributed by atoms with Crippen molar-refractivity contribution in [2.75, 3.05) is 14.1 Å². The lowest BCUT2D eigenvalue weighted by molar-refractivity contribution is 0.636. The molecule has 0 N–H and O–H groups in total. The molecular formula is C15H16N2S. The maximum Gasteiger partial charge on any atom is 0.168 e. The summed E-state index contributed by atoms with van der Waals surface area (Å²) in [6.07, 6.45) is 0. The number of aliphatic imine (C=N–C) groups is 1. The molecule has 0 amide bonds. The van der Waals surface area contributed by atoms with Gasteiger partial charge >= 0.3 is 0 Å². The van der Waals surface area contributed by atoms with E-state index in [0.29, 0.717) is 0 Å². The molecule has 2 rings (SSSR count). The van der Waals surface area contributed by atoms with Crippen molar-refractivity contribution in [2.45, 2.75) is 4.90 Å². The summed E-state index contributed by atoms with van der Waals surface area (Å²) in [5.41, 5.74) is 0.977. The Morgan fingerprint density at radius 3 is 2.00 bits per heavy atom. The Kier molecular flexibility index (Phi) is 4.42. The van der Waals surface area contributed by atoms with Crippen LogP contribution < -0.4 is 0 Å². The number of benzene rings is 2. The van der Waals surface area contributed by atoms with Crippen LogP contribution in [0.1, 0.15) is 0 Å². The summed E-state index contributed by atoms with van der Waals surface area (Å²) >= 11 is 1.67.